The van der Waals surface area contributed by atoms with Crippen LogP contribution in [0.3, 0.4) is 0 Å². The molecule has 2 aromatic rings. The predicted molar refractivity (Wildman–Crippen MR) is 66.4 cm³/mol. The summed E-state index contributed by atoms with van der Waals surface area (Å²) in [6.45, 7) is 0. The van der Waals surface area contributed by atoms with E-state index in [9.17, 15) is 9.18 Å². The average molecular weight is 286 g/mol. The molecule has 0 saturated heterocycles. The third kappa shape index (κ3) is 2.94. The first-order chi connectivity index (χ1) is 8.56. The molecule has 7 heteroatoms. The fraction of sp³-hybridized carbons (Fsp3) is 0. The van der Waals surface area contributed by atoms with Gasteiger partial charge >= 0.3 is 0 Å². The number of rotatable bonds is 2. The Morgan fingerprint density at radius 2 is 1.94 bits per heavy atom. The van der Waals surface area contributed by atoms with Crippen LogP contribution in [0, 0.1) is 5.82 Å². The molecule has 1 N–H and O–H groups in total. The van der Waals surface area contributed by atoms with Gasteiger partial charge in [-0.25, -0.2) is 4.39 Å². The highest BCUT2D eigenvalue weighted by atomic mass is 35.5. The van der Waals surface area contributed by atoms with E-state index >= 15 is 0 Å². The summed E-state index contributed by atoms with van der Waals surface area (Å²) in [4.78, 5) is 11.7. The van der Waals surface area contributed by atoms with E-state index in [0.717, 1.165) is 6.07 Å². The zero-order valence-electron chi connectivity index (χ0n) is 8.82. The Bertz CT molecular complexity index is 589. The van der Waals surface area contributed by atoms with E-state index < -0.39 is 11.7 Å². The second kappa shape index (κ2) is 5.29. The van der Waals surface area contributed by atoms with E-state index in [0.29, 0.717) is 0 Å². The van der Waals surface area contributed by atoms with Gasteiger partial charge in [0.15, 0.2) is 10.8 Å². The molecule has 1 aromatic carbocycles. The Kier molecular flexibility index (Phi) is 3.74. The molecule has 0 atom stereocenters. The van der Waals surface area contributed by atoms with Crippen molar-refractivity contribution in [3.05, 3.63) is 52.0 Å². The van der Waals surface area contributed by atoms with Gasteiger partial charge in [0.25, 0.3) is 5.91 Å². The molecule has 0 fully saturated rings. The first-order valence-corrected chi connectivity index (χ1v) is 5.57. The van der Waals surface area contributed by atoms with Crippen LogP contribution in [0.15, 0.2) is 30.3 Å². The third-order valence-corrected chi connectivity index (χ3v) is 2.48. The Hall–Kier alpha value is -1.72. The number of hydrogen-bond acceptors (Lipinski definition) is 3. The molecule has 18 heavy (non-hydrogen) atoms. The maximum absolute atomic E-state index is 13.4. The molecule has 1 heterocycles. The van der Waals surface area contributed by atoms with Gasteiger partial charge in [-0.2, -0.15) is 0 Å². The number of halogens is 3. The van der Waals surface area contributed by atoms with Gasteiger partial charge in [-0.1, -0.05) is 23.2 Å². The van der Waals surface area contributed by atoms with Crippen molar-refractivity contribution in [1.29, 1.82) is 0 Å². The van der Waals surface area contributed by atoms with Gasteiger partial charge in [0.05, 0.1) is 5.69 Å². The summed E-state index contributed by atoms with van der Waals surface area (Å²) in [6, 6.07) is 6.73. The van der Waals surface area contributed by atoms with E-state index in [1.54, 1.807) is 0 Å². The van der Waals surface area contributed by atoms with Gasteiger partial charge < -0.3 is 5.32 Å². The summed E-state index contributed by atoms with van der Waals surface area (Å²) in [6.07, 6.45) is 0. The molecule has 92 valence electrons. The number of nitrogens with one attached hydrogen (secondary N) is 1. The van der Waals surface area contributed by atoms with Crippen LogP contribution >= 0.6 is 23.2 Å². The van der Waals surface area contributed by atoms with Crippen LogP contribution in [0.4, 0.5) is 10.1 Å². The summed E-state index contributed by atoms with van der Waals surface area (Å²) in [7, 11) is 0. The van der Waals surface area contributed by atoms with Crippen LogP contribution in [0.25, 0.3) is 0 Å². The molecule has 0 bridgehead atoms. The topological polar surface area (TPSA) is 54.9 Å². The highest BCUT2D eigenvalue weighted by Gasteiger charge is 2.11. The third-order valence-electron chi connectivity index (χ3n) is 2.04. The predicted octanol–water partition coefficient (Wildman–Crippen LogP) is 3.17. The van der Waals surface area contributed by atoms with Crippen LogP contribution in [-0.4, -0.2) is 16.1 Å². The first-order valence-electron chi connectivity index (χ1n) is 4.82. The highest BCUT2D eigenvalue weighted by molar-refractivity contribution is 6.30. The van der Waals surface area contributed by atoms with Crippen LogP contribution in [-0.2, 0) is 0 Å². The fourth-order valence-electron chi connectivity index (χ4n) is 1.21. The van der Waals surface area contributed by atoms with Crippen LogP contribution < -0.4 is 5.32 Å². The maximum Gasteiger partial charge on any atom is 0.276 e. The zero-order valence-corrected chi connectivity index (χ0v) is 10.3. The molecule has 4 nitrogen and oxygen atoms in total. The van der Waals surface area contributed by atoms with Crippen molar-refractivity contribution < 1.29 is 9.18 Å². The SMILES string of the molecule is O=C(Nc1ccc(Cl)cc1F)c1ccc(Cl)nn1. The number of amides is 1. The van der Waals surface area contributed by atoms with Crippen molar-refractivity contribution in [3.8, 4) is 0 Å². The molecule has 1 amide bonds. The van der Waals surface area contributed by atoms with Crippen LogP contribution in [0.2, 0.25) is 10.2 Å². The molecular weight excluding hydrogens is 280 g/mol. The minimum Gasteiger partial charge on any atom is -0.318 e. The quantitative estimate of drug-likeness (QED) is 0.922. The monoisotopic (exact) mass is 285 g/mol. The first kappa shape index (κ1) is 12.7. The summed E-state index contributed by atoms with van der Waals surface area (Å²) in [5.41, 5.74) is 0.0508. The number of nitrogens with zero attached hydrogens (tertiary/aromatic N) is 2. The van der Waals surface area contributed by atoms with Crippen molar-refractivity contribution in [1.82, 2.24) is 10.2 Å². The number of aromatic nitrogens is 2. The molecule has 0 unspecified atom stereocenters. The van der Waals surface area contributed by atoms with Gasteiger partial charge in [-0.05, 0) is 30.3 Å². The van der Waals surface area contributed by atoms with Crippen LogP contribution in [0.1, 0.15) is 10.5 Å². The lowest BCUT2D eigenvalue weighted by molar-refractivity contribution is 0.102. The molecule has 1 aromatic heterocycles. The fourth-order valence-corrected chi connectivity index (χ4v) is 1.47. The number of carbonyl (C=O) groups excluding carboxylic acids is 1. The largest absolute Gasteiger partial charge is 0.318 e. The van der Waals surface area contributed by atoms with Crippen molar-refractivity contribution in [3.63, 3.8) is 0 Å². The lowest BCUT2D eigenvalue weighted by Gasteiger charge is -2.05. The van der Waals surface area contributed by atoms with E-state index in [4.69, 9.17) is 23.2 Å². The van der Waals surface area contributed by atoms with Gasteiger partial charge in [0.1, 0.15) is 5.82 Å². The van der Waals surface area contributed by atoms with Crippen molar-refractivity contribution in [2.24, 2.45) is 0 Å². The highest BCUT2D eigenvalue weighted by Crippen LogP contribution is 2.19. The second-order valence-corrected chi connectivity index (χ2v) is 4.14. The number of anilines is 1. The Morgan fingerprint density at radius 3 is 2.56 bits per heavy atom. The second-order valence-electron chi connectivity index (χ2n) is 3.32. The Balaban J connectivity index is 2.18. The number of benzene rings is 1. The molecule has 0 aliphatic carbocycles. The minimum absolute atomic E-state index is 0.0150. The molecular formula is C11H6Cl2FN3O. The number of carbonyl (C=O) groups is 1. The van der Waals surface area contributed by atoms with Gasteiger partial charge in [-0.3, -0.25) is 4.79 Å². The lowest BCUT2D eigenvalue weighted by Crippen LogP contribution is -2.15. The summed E-state index contributed by atoms with van der Waals surface area (Å²) < 4.78 is 13.4. The normalized spacial score (nSPS) is 10.2. The van der Waals surface area contributed by atoms with E-state index in [1.165, 1.54) is 24.3 Å². The zero-order chi connectivity index (χ0) is 13.1. The van der Waals surface area contributed by atoms with E-state index in [-0.39, 0.29) is 21.6 Å². The Labute approximate surface area is 112 Å². The van der Waals surface area contributed by atoms with Gasteiger partial charge in [0, 0.05) is 5.02 Å². The summed E-state index contributed by atoms with van der Waals surface area (Å²) in [5, 5.41) is 9.87. The maximum atomic E-state index is 13.4. The molecule has 2 rings (SSSR count). The average Bonchev–Trinajstić information content (AvgIpc) is 2.33. The van der Waals surface area contributed by atoms with E-state index in [2.05, 4.69) is 15.5 Å². The standard InChI is InChI=1S/C11H6Cl2FN3O/c12-6-1-2-8(7(14)5-6)15-11(18)9-3-4-10(13)17-16-9/h1-5H,(H,15,18). The van der Waals surface area contributed by atoms with Gasteiger partial charge in [-0.15, -0.1) is 10.2 Å². The molecule has 0 radical (unpaired) electrons. The molecule has 0 aliphatic rings. The van der Waals surface area contributed by atoms with E-state index in [1.807, 2.05) is 0 Å². The molecule has 0 saturated carbocycles. The molecule has 0 spiro atoms. The summed E-state index contributed by atoms with van der Waals surface area (Å²) >= 11 is 11.1. The van der Waals surface area contributed by atoms with Crippen molar-refractivity contribution in [2.75, 3.05) is 5.32 Å². The van der Waals surface area contributed by atoms with Crippen LogP contribution in [0.5, 0.6) is 0 Å². The summed E-state index contributed by atoms with van der Waals surface area (Å²) in [5.74, 6) is -1.21. The lowest BCUT2D eigenvalue weighted by atomic mass is 10.3. The minimum atomic E-state index is -0.627. The number of hydrogen-bond donors (Lipinski definition) is 1. The smallest absolute Gasteiger partial charge is 0.276 e. The Morgan fingerprint density at radius 1 is 1.17 bits per heavy atom. The van der Waals surface area contributed by atoms with Gasteiger partial charge in [0.2, 0.25) is 0 Å². The van der Waals surface area contributed by atoms with Crippen molar-refractivity contribution >= 4 is 34.8 Å². The molecule has 0 aliphatic heterocycles. The van der Waals surface area contributed by atoms with Crippen molar-refractivity contribution in [2.45, 2.75) is 0 Å².